The number of furan rings is 1. The maximum atomic E-state index is 9.05. The smallest absolute Gasteiger partial charge is 0.188 e. The van der Waals surface area contributed by atoms with Crippen LogP contribution in [0.3, 0.4) is 0 Å². The van der Waals surface area contributed by atoms with Crippen molar-refractivity contribution in [1.82, 2.24) is 14.9 Å². The zero-order valence-corrected chi connectivity index (χ0v) is 17.4. The monoisotopic (exact) mass is 407 g/mol. The SMILES string of the molecule is Cc1ccc(CCCN2CCCC[C@@H]2c2csc(Nc3cc(C#N)ccn3)n2)o1. The highest BCUT2D eigenvalue weighted by atomic mass is 32.1. The first kappa shape index (κ1) is 19.6. The Kier molecular flexibility index (Phi) is 6.23. The van der Waals surface area contributed by atoms with Gasteiger partial charge in [0.05, 0.1) is 23.4 Å². The molecule has 1 aliphatic rings. The van der Waals surface area contributed by atoms with Crippen LogP contribution >= 0.6 is 11.3 Å². The van der Waals surface area contributed by atoms with Crippen LogP contribution in [-0.4, -0.2) is 28.0 Å². The summed E-state index contributed by atoms with van der Waals surface area (Å²) in [5.74, 6) is 2.70. The molecule has 0 saturated carbocycles. The highest BCUT2D eigenvalue weighted by Gasteiger charge is 2.25. The van der Waals surface area contributed by atoms with Crippen molar-refractivity contribution >= 4 is 22.3 Å². The molecule has 3 aromatic heterocycles. The van der Waals surface area contributed by atoms with Gasteiger partial charge in [-0.3, -0.25) is 4.90 Å². The van der Waals surface area contributed by atoms with E-state index < -0.39 is 0 Å². The molecule has 3 aromatic rings. The summed E-state index contributed by atoms with van der Waals surface area (Å²) in [7, 11) is 0. The van der Waals surface area contributed by atoms with Gasteiger partial charge in [-0.05, 0) is 63.5 Å². The lowest BCUT2D eigenvalue weighted by Crippen LogP contribution is -2.34. The average Bonchev–Trinajstić information content (AvgIpc) is 3.37. The summed E-state index contributed by atoms with van der Waals surface area (Å²) in [6, 6.07) is 10.1. The lowest BCUT2D eigenvalue weighted by molar-refractivity contribution is 0.144. The molecule has 0 aliphatic carbocycles. The van der Waals surface area contributed by atoms with Crippen LogP contribution in [0, 0.1) is 18.3 Å². The van der Waals surface area contributed by atoms with Crippen LogP contribution in [0.1, 0.15) is 54.5 Å². The third-order valence-electron chi connectivity index (χ3n) is 5.27. The molecule has 0 amide bonds. The maximum absolute atomic E-state index is 9.05. The number of hydrogen-bond donors (Lipinski definition) is 1. The van der Waals surface area contributed by atoms with Gasteiger partial charge in [-0.15, -0.1) is 11.3 Å². The normalized spacial score (nSPS) is 17.2. The first-order valence-corrected chi connectivity index (χ1v) is 11.0. The second-order valence-electron chi connectivity index (χ2n) is 7.41. The number of nitrogens with one attached hydrogen (secondary N) is 1. The Morgan fingerprint density at radius 3 is 3.10 bits per heavy atom. The van der Waals surface area contributed by atoms with E-state index in [-0.39, 0.29) is 0 Å². The fourth-order valence-electron chi connectivity index (χ4n) is 3.84. The van der Waals surface area contributed by atoms with Crippen molar-refractivity contribution in [3.8, 4) is 6.07 Å². The van der Waals surface area contributed by atoms with Crippen molar-refractivity contribution < 1.29 is 4.42 Å². The van der Waals surface area contributed by atoms with E-state index in [9.17, 15) is 0 Å². The van der Waals surface area contributed by atoms with Crippen LogP contribution in [0.2, 0.25) is 0 Å². The topological polar surface area (TPSA) is 78.0 Å². The van der Waals surface area contributed by atoms with Gasteiger partial charge in [0, 0.05) is 18.0 Å². The van der Waals surface area contributed by atoms with E-state index in [1.165, 1.54) is 12.8 Å². The molecule has 1 fully saturated rings. The van der Waals surface area contributed by atoms with Gasteiger partial charge in [-0.25, -0.2) is 9.97 Å². The van der Waals surface area contributed by atoms with E-state index in [1.807, 2.05) is 13.0 Å². The highest BCUT2D eigenvalue weighted by Crippen LogP contribution is 2.33. The number of pyridine rings is 1. The van der Waals surface area contributed by atoms with Crippen molar-refractivity contribution in [2.24, 2.45) is 0 Å². The minimum absolute atomic E-state index is 0.368. The summed E-state index contributed by atoms with van der Waals surface area (Å²) in [5.41, 5.74) is 1.71. The summed E-state index contributed by atoms with van der Waals surface area (Å²) < 4.78 is 5.70. The Hall–Kier alpha value is -2.69. The minimum atomic E-state index is 0.368. The molecule has 4 heterocycles. The van der Waals surface area contributed by atoms with E-state index in [4.69, 9.17) is 14.7 Å². The molecule has 6 nitrogen and oxygen atoms in total. The van der Waals surface area contributed by atoms with Crippen LogP contribution in [0.15, 0.2) is 40.3 Å². The molecular formula is C22H25N5OS. The van der Waals surface area contributed by atoms with Crippen molar-refractivity contribution in [2.45, 2.75) is 45.1 Å². The van der Waals surface area contributed by atoms with E-state index >= 15 is 0 Å². The van der Waals surface area contributed by atoms with Crippen molar-refractivity contribution in [3.05, 3.63) is 58.6 Å². The fourth-order valence-corrected chi connectivity index (χ4v) is 4.61. The summed E-state index contributed by atoms with van der Waals surface area (Å²) in [6.45, 7) is 4.16. The number of anilines is 2. The van der Waals surface area contributed by atoms with Crippen molar-refractivity contribution in [3.63, 3.8) is 0 Å². The van der Waals surface area contributed by atoms with Gasteiger partial charge in [0.2, 0.25) is 0 Å². The molecule has 0 unspecified atom stereocenters. The lowest BCUT2D eigenvalue weighted by Gasteiger charge is -2.34. The molecule has 1 N–H and O–H groups in total. The van der Waals surface area contributed by atoms with E-state index in [1.54, 1.807) is 29.7 Å². The minimum Gasteiger partial charge on any atom is -0.466 e. The molecule has 0 aromatic carbocycles. The predicted molar refractivity (Wildman–Crippen MR) is 114 cm³/mol. The van der Waals surface area contributed by atoms with E-state index in [2.05, 4.69) is 32.7 Å². The van der Waals surface area contributed by atoms with Crippen molar-refractivity contribution in [1.29, 1.82) is 5.26 Å². The summed E-state index contributed by atoms with van der Waals surface area (Å²) in [5, 5.41) is 15.2. The fraction of sp³-hybridized carbons (Fsp3) is 0.409. The number of nitrogens with zero attached hydrogens (tertiary/aromatic N) is 4. The number of rotatable bonds is 7. The quantitative estimate of drug-likeness (QED) is 0.579. The summed E-state index contributed by atoms with van der Waals surface area (Å²) >= 11 is 1.59. The molecule has 0 radical (unpaired) electrons. The van der Waals surface area contributed by atoms with Crippen LogP contribution in [0.4, 0.5) is 10.9 Å². The zero-order chi connectivity index (χ0) is 20.1. The van der Waals surface area contributed by atoms with Gasteiger partial charge >= 0.3 is 0 Å². The third kappa shape index (κ3) is 5.03. The van der Waals surface area contributed by atoms with Gasteiger partial charge in [0.25, 0.3) is 0 Å². The summed E-state index contributed by atoms with van der Waals surface area (Å²) in [4.78, 5) is 11.7. The van der Waals surface area contributed by atoms with Crippen molar-refractivity contribution in [2.75, 3.05) is 18.4 Å². The van der Waals surface area contributed by atoms with E-state index in [0.29, 0.717) is 17.4 Å². The Morgan fingerprint density at radius 2 is 2.28 bits per heavy atom. The lowest BCUT2D eigenvalue weighted by atomic mass is 9.99. The highest BCUT2D eigenvalue weighted by molar-refractivity contribution is 7.13. The van der Waals surface area contributed by atoms with Crippen LogP contribution < -0.4 is 5.32 Å². The number of aromatic nitrogens is 2. The number of thiazole rings is 1. The average molecular weight is 408 g/mol. The van der Waals surface area contributed by atoms with Gasteiger partial charge in [-0.1, -0.05) is 6.42 Å². The number of nitriles is 1. The largest absolute Gasteiger partial charge is 0.466 e. The molecule has 4 rings (SSSR count). The van der Waals surface area contributed by atoms with Crippen LogP contribution in [0.25, 0.3) is 0 Å². The standard InChI is InChI=1S/C22H25N5OS/c1-16-7-8-18(28-16)5-4-12-27-11-3-2-6-20(27)19-15-29-22(25-19)26-21-13-17(14-23)9-10-24-21/h7-10,13,15,20H,2-6,11-12H2,1H3,(H,24,25,26)/t20-/m1/s1. The molecule has 1 saturated heterocycles. The Balaban J connectivity index is 1.38. The second kappa shape index (κ2) is 9.21. The van der Waals surface area contributed by atoms with Gasteiger partial charge in [0.1, 0.15) is 17.3 Å². The number of hydrogen-bond acceptors (Lipinski definition) is 7. The molecule has 0 bridgehead atoms. The van der Waals surface area contributed by atoms with Gasteiger partial charge < -0.3 is 9.73 Å². The molecule has 1 atom stereocenters. The second-order valence-corrected chi connectivity index (χ2v) is 8.27. The Labute approximate surface area is 175 Å². The zero-order valence-electron chi connectivity index (χ0n) is 16.6. The van der Waals surface area contributed by atoms with Gasteiger partial charge in [0.15, 0.2) is 5.13 Å². The first-order chi connectivity index (χ1) is 14.2. The van der Waals surface area contributed by atoms with Crippen LogP contribution in [-0.2, 0) is 6.42 Å². The third-order valence-corrected chi connectivity index (χ3v) is 6.04. The number of likely N-dealkylation sites (tertiary alicyclic amines) is 1. The molecule has 0 spiro atoms. The molecular weight excluding hydrogens is 382 g/mol. The Bertz CT molecular complexity index is 989. The maximum Gasteiger partial charge on any atom is 0.188 e. The van der Waals surface area contributed by atoms with Gasteiger partial charge in [-0.2, -0.15) is 5.26 Å². The molecule has 7 heteroatoms. The predicted octanol–water partition coefficient (Wildman–Crippen LogP) is 5.21. The van der Waals surface area contributed by atoms with E-state index in [0.717, 1.165) is 54.7 Å². The number of piperidine rings is 1. The first-order valence-electron chi connectivity index (χ1n) is 10.1. The molecule has 1 aliphatic heterocycles. The molecule has 29 heavy (non-hydrogen) atoms. The molecule has 150 valence electrons. The summed E-state index contributed by atoms with van der Waals surface area (Å²) in [6.07, 6.45) is 7.33. The Morgan fingerprint density at radius 1 is 1.34 bits per heavy atom. The number of aryl methyl sites for hydroxylation is 2. The van der Waals surface area contributed by atoms with Crippen LogP contribution in [0.5, 0.6) is 0 Å².